The third-order valence-corrected chi connectivity index (χ3v) is 10.4. The summed E-state index contributed by atoms with van der Waals surface area (Å²) in [5, 5.41) is 15.9. The summed E-state index contributed by atoms with van der Waals surface area (Å²) in [6, 6.07) is 1.34. The lowest BCUT2D eigenvalue weighted by Gasteiger charge is -2.39. The first kappa shape index (κ1) is 34.8. The normalized spacial score (nSPS) is 25.8. The molecule has 45 heavy (non-hydrogen) atoms. The average molecular weight is 632 g/mol. The second-order valence-corrected chi connectivity index (χ2v) is 13.1. The lowest BCUT2D eigenvalue weighted by Crippen LogP contribution is -2.55. The molecule has 1 aromatic heterocycles. The third kappa shape index (κ3) is 8.23. The molecule has 1 aliphatic carbocycles. The van der Waals surface area contributed by atoms with E-state index in [9.17, 15) is 19.2 Å². The highest BCUT2D eigenvalue weighted by Gasteiger charge is 2.44. The smallest absolute Gasteiger partial charge is 0.242 e. The first-order valence-corrected chi connectivity index (χ1v) is 16.5. The number of nitrogens with one attached hydrogen (secondary N) is 4. The summed E-state index contributed by atoms with van der Waals surface area (Å²) in [6.45, 7) is 6.70. The number of likely N-dealkylation sites (N-methyl/N-ethyl adjacent to an activating group) is 1. The van der Waals surface area contributed by atoms with Gasteiger partial charge in [0.2, 0.25) is 23.6 Å². The van der Waals surface area contributed by atoms with Crippen molar-refractivity contribution in [3.63, 3.8) is 0 Å². The van der Waals surface area contributed by atoms with Crippen LogP contribution in [0.25, 0.3) is 0 Å². The second kappa shape index (κ2) is 16.0. The minimum absolute atomic E-state index is 0.0410. The SMILES string of the molecule is CCC(C)C(C(CC(=O)N1CCCC1C(OC)C(C)C(=O)NCc1ccn[nH]1)OC)N(C)C(=O)CNC(=O)C1NC2CCC1C2. The zero-order valence-electron chi connectivity index (χ0n) is 27.7. The number of ether oxygens (including phenoxy) is 2. The molecule has 4 N–H and O–H groups in total. The first-order chi connectivity index (χ1) is 21.6. The zero-order valence-corrected chi connectivity index (χ0v) is 27.7. The molecule has 4 rings (SSSR count). The van der Waals surface area contributed by atoms with Gasteiger partial charge in [-0.2, -0.15) is 5.10 Å². The zero-order chi connectivity index (χ0) is 32.7. The van der Waals surface area contributed by atoms with Crippen LogP contribution in [-0.4, -0.2) is 114 Å². The fourth-order valence-corrected chi connectivity index (χ4v) is 7.60. The van der Waals surface area contributed by atoms with Gasteiger partial charge < -0.3 is 35.2 Å². The van der Waals surface area contributed by atoms with Crippen LogP contribution in [0.3, 0.4) is 0 Å². The van der Waals surface area contributed by atoms with Gasteiger partial charge >= 0.3 is 0 Å². The van der Waals surface area contributed by atoms with Crippen LogP contribution in [0, 0.1) is 17.8 Å². The van der Waals surface area contributed by atoms with Gasteiger partial charge in [-0.05, 0) is 50.0 Å². The van der Waals surface area contributed by atoms with E-state index >= 15 is 0 Å². The Hall–Kier alpha value is -3.03. The van der Waals surface area contributed by atoms with Crippen molar-refractivity contribution < 1.29 is 28.7 Å². The number of rotatable bonds is 16. The molecule has 0 radical (unpaired) electrons. The number of carbonyl (C=O) groups is 4. The summed E-state index contributed by atoms with van der Waals surface area (Å²) in [4.78, 5) is 56.5. The van der Waals surface area contributed by atoms with Crippen molar-refractivity contribution >= 4 is 23.6 Å². The Kier molecular flexibility index (Phi) is 12.4. The molecule has 2 aliphatic heterocycles. The topological polar surface area (TPSA) is 158 Å². The molecule has 4 amide bonds. The molecule has 1 aromatic rings. The fourth-order valence-electron chi connectivity index (χ4n) is 7.60. The standard InChI is InChI=1S/C32H53N7O6/c1-7-19(2)29(38(4)27(41)18-34-32(43)28-21-10-11-22(15-21)36-28)25(44-5)16-26(40)39-14-8-9-24(39)30(45-6)20(3)31(42)33-17-23-12-13-35-37-23/h12-13,19-22,24-25,28-30,36H,7-11,14-18H2,1-6H3,(H,33,42)(H,34,43)(H,35,37). The van der Waals surface area contributed by atoms with Crippen LogP contribution < -0.4 is 16.0 Å². The van der Waals surface area contributed by atoms with Gasteiger partial charge in [0.05, 0.1) is 61.5 Å². The molecule has 2 bridgehead atoms. The molecule has 0 aromatic carbocycles. The highest BCUT2D eigenvalue weighted by molar-refractivity contribution is 5.88. The Bertz CT molecular complexity index is 1150. The number of aromatic nitrogens is 2. The molecule has 13 heteroatoms. The molecule has 9 unspecified atom stereocenters. The number of fused-ring (bicyclic) bond motifs is 2. The van der Waals surface area contributed by atoms with Crippen molar-refractivity contribution in [2.24, 2.45) is 17.8 Å². The number of piperidine rings is 1. The van der Waals surface area contributed by atoms with Crippen LogP contribution in [-0.2, 0) is 35.2 Å². The van der Waals surface area contributed by atoms with Crippen LogP contribution in [0.2, 0.25) is 0 Å². The van der Waals surface area contributed by atoms with Crippen LogP contribution >= 0.6 is 0 Å². The van der Waals surface area contributed by atoms with Gasteiger partial charge in [0.25, 0.3) is 0 Å². The number of hydrogen-bond acceptors (Lipinski definition) is 8. The maximum Gasteiger partial charge on any atom is 0.242 e. The minimum atomic E-state index is -0.554. The van der Waals surface area contributed by atoms with Crippen molar-refractivity contribution in [1.29, 1.82) is 0 Å². The Labute approximate surface area is 266 Å². The largest absolute Gasteiger partial charge is 0.379 e. The Morgan fingerprint density at radius 3 is 2.51 bits per heavy atom. The predicted octanol–water partition coefficient (Wildman–Crippen LogP) is 1.20. The van der Waals surface area contributed by atoms with Gasteiger partial charge in [-0.15, -0.1) is 0 Å². The molecule has 3 heterocycles. The van der Waals surface area contributed by atoms with Crippen LogP contribution in [0.5, 0.6) is 0 Å². The minimum Gasteiger partial charge on any atom is -0.379 e. The number of aromatic amines is 1. The quantitative estimate of drug-likeness (QED) is 0.212. The van der Waals surface area contributed by atoms with Gasteiger partial charge in [0.1, 0.15) is 0 Å². The summed E-state index contributed by atoms with van der Waals surface area (Å²) in [5.41, 5.74) is 0.798. The van der Waals surface area contributed by atoms with Gasteiger partial charge in [-0.25, -0.2) is 0 Å². The Balaban J connectivity index is 1.37. The van der Waals surface area contributed by atoms with Crippen LogP contribution in [0.4, 0.5) is 0 Å². The van der Waals surface area contributed by atoms with Crippen molar-refractivity contribution in [1.82, 2.24) is 35.9 Å². The molecule has 9 atom stereocenters. The fraction of sp³-hybridized carbons (Fsp3) is 0.781. The van der Waals surface area contributed by atoms with E-state index in [1.54, 1.807) is 38.4 Å². The van der Waals surface area contributed by atoms with Gasteiger partial charge in [0, 0.05) is 40.1 Å². The molecule has 252 valence electrons. The van der Waals surface area contributed by atoms with Crippen molar-refractivity contribution in [3.8, 4) is 0 Å². The second-order valence-electron chi connectivity index (χ2n) is 13.1. The number of methoxy groups -OCH3 is 2. The Morgan fingerprint density at radius 1 is 1.13 bits per heavy atom. The molecule has 3 fully saturated rings. The van der Waals surface area contributed by atoms with E-state index < -0.39 is 18.1 Å². The molecule has 1 saturated carbocycles. The van der Waals surface area contributed by atoms with Crippen molar-refractivity contribution in [2.45, 2.75) is 109 Å². The molecule has 0 spiro atoms. The summed E-state index contributed by atoms with van der Waals surface area (Å²) >= 11 is 0. The monoisotopic (exact) mass is 631 g/mol. The van der Waals surface area contributed by atoms with Crippen LogP contribution in [0.15, 0.2) is 12.3 Å². The third-order valence-electron chi connectivity index (χ3n) is 10.4. The summed E-state index contributed by atoms with van der Waals surface area (Å²) in [5.74, 6) is -0.715. The maximum absolute atomic E-state index is 13.9. The lowest BCUT2D eigenvalue weighted by atomic mass is 9.90. The molecular weight excluding hydrogens is 578 g/mol. The molecular formula is C32H53N7O6. The number of carbonyl (C=O) groups excluding carboxylic acids is 4. The number of hydrogen-bond donors (Lipinski definition) is 4. The highest BCUT2D eigenvalue weighted by Crippen LogP contribution is 2.35. The van der Waals surface area contributed by atoms with Gasteiger partial charge in [0.15, 0.2) is 0 Å². The molecule has 3 aliphatic rings. The van der Waals surface area contributed by atoms with Crippen molar-refractivity contribution in [2.75, 3.05) is 34.4 Å². The number of likely N-dealkylation sites (tertiary alicyclic amines) is 1. The van der Waals surface area contributed by atoms with E-state index in [0.29, 0.717) is 25.0 Å². The van der Waals surface area contributed by atoms with E-state index in [2.05, 4.69) is 26.1 Å². The van der Waals surface area contributed by atoms with Gasteiger partial charge in [-0.3, -0.25) is 24.3 Å². The van der Waals surface area contributed by atoms with E-state index in [0.717, 1.165) is 44.2 Å². The summed E-state index contributed by atoms with van der Waals surface area (Å²) in [7, 11) is 4.87. The maximum atomic E-state index is 13.9. The van der Waals surface area contributed by atoms with E-state index in [-0.39, 0.29) is 60.6 Å². The Morgan fingerprint density at radius 2 is 1.91 bits per heavy atom. The van der Waals surface area contributed by atoms with Crippen LogP contribution in [0.1, 0.15) is 71.4 Å². The summed E-state index contributed by atoms with van der Waals surface area (Å²) < 4.78 is 11.8. The number of nitrogens with zero attached hydrogens (tertiary/aromatic N) is 3. The average Bonchev–Trinajstić information content (AvgIpc) is 3.88. The molecule has 13 nitrogen and oxygen atoms in total. The van der Waals surface area contributed by atoms with E-state index in [1.807, 2.05) is 25.7 Å². The van der Waals surface area contributed by atoms with Gasteiger partial charge in [-0.1, -0.05) is 27.2 Å². The van der Waals surface area contributed by atoms with E-state index in [1.165, 1.54) is 0 Å². The number of H-pyrrole nitrogens is 1. The predicted molar refractivity (Wildman–Crippen MR) is 168 cm³/mol. The lowest BCUT2D eigenvalue weighted by molar-refractivity contribution is -0.145. The number of amides is 4. The molecule has 2 saturated heterocycles. The highest BCUT2D eigenvalue weighted by atomic mass is 16.5. The summed E-state index contributed by atoms with van der Waals surface area (Å²) in [6.07, 6.45) is 6.16. The first-order valence-electron chi connectivity index (χ1n) is 16.5. The van der Waals surface area contributed by atoms with Crippen molar-refractivity contribution in [3.05, 3.63) is 18.0 Å². The van der Waals surface area contributed by atoms with E-state index in [4.69, 9.17) is 9.47 Å².